The number of rotatable bonds is 7. The van der Waals surface area contributed by atoms with Crippen molar-refractivity contribution in [2.24, 2.45) is 0 Å². The number of amides is 1. The maximum Gasteiger partial charge on any atom is 0.220 e. The number of methoxy groups -OCH3 is 1. The van der Waals surface area contributed by atoms with Crippen molar-refractivity contribution in [3.63, 3.8) is 0 Å². The molecule has 0 aliphatic heterocycles. The monoisotopic (exact) mass is 255 g/mol. The molecule has 100 valence electrons. The van der Waals surface area contributed by atoms with Gasteiger partial charge in [0.2, 0.25) is 5.91 Å². The van der Waals surface area contributed by atoms with Gasteiger partial charge in [-0.3, -0.25) is 4.79 Å². The normalized spacial score (nSPS) is 12.2. The summed E-state index contributed by atoms with van der Waals surface area (Å²) >= 11 is 0. The van der Waals surface area contributed by atoms with Gasteiger partial charge < -0.3 is 15.2 Å². The van der Waals surface area contributed by atoms with Crippen LogP contribution in [0, 0.1) is 5.82 Å². The highest BCUT2D eigenvalue weighted by Gasteiger charge is 2.09. The lowest BCUT2D eigenvalue weighted by Gasteiger charge is -2.12. The number of benzene rings is 1. The Morgan fingerprint density at radius 3 is 2.72 bits per heavy atom. The van der Waals surface area contributed by atoms with E-state index in [4.69, 9.17) is 4.74 Å². The van der Waals surface area contributed by atoms with Gasteiger partial charge in [-0.05, 0) is 24.1 Å². The van der Waals surface area contributed by atoms with Crippen molar-refractivity contribution < 1.29 is 19.0 Å². The molecular formula is C13H18FNO3. The Balaban J connectivity index is 2.30. The molecule has 2 N–H and O–H groups in total. The SMILES string of the molecule is COCCCC(=O)NCC(O)c1ccc(F)cc1. The van der Waals surface area contributed by atoms with E-state index >= 15 is 0 Å². The van der Waals surface area contributed by atoms with E-state index in [2.05, 4.69) is 5.32 Å². The van der Waals surface area contributed by atoms with Crippen molar-refractivity contribution in [3.05, 3.63) is 35.6 Å². The van der Waals surface area contributed by atoms with Gasteiger partial charge in [0.05, 0.1) is 6.10 Å². The Morgan fingerprint density at radius 1 is 1.44 bits per heavy atom. The predicted molar refractivity (Wildman–Crippen MR) is 65.5 cm³/mol. The molecule has 18 heavy (non-hydrogen) atoms. The molecule has 1 atom stereocenters. The molecule has 4 nitrogen and oxygen atoms in total. The fourth-order valence-electron chi connectivity index (χ4n) is 1.48. The first-order valence-electron chi connectivity index (χ1n) is 5.82. The second-order valence-corrected chi connectivity index (χ2v) is 3.97. The number of hydrogen-bond acceptors (Lipinski definition) is 3. The third-order valence-electron chi connectivity index (χ3n) is 2.50. The topological polar surface area (TPSA) is 58.6 Å². The third-order valence-corrected chi connectivity index (χ3v) is 2.50. The first kappa shape index (κ1) is 14.6. The van der Waals surface area contributed by atoms with Crippen LogP contribution in [0.5, 0.6) is 0 Å². The van der Waals surface area contributed by atoms with Crippen molar-refractivity contribution in [1.29, 1.82) is 0 Å². The van der Waals surface area contributed by atoms with Crippen LogP contribution in [0.15, 0.2) is 24.3 Å². The van der Waals surface area contributed by atoms with Crippen molar-refractivity contribution in [2.75, 3.05) is 20.3 Å². The largest absolute Gasteiger partial charge is 0.387 e. The Hall–Kier alpha value is -1.46. The van der Waals surface area contributed by atoms with Gasteiger partial charge in [-0.15, -0.1) is 0 Å². The summed E-state index contributed by atoms with van der Waals surface area (Å²) in [5.41, 5.74) is 0.577. The Bertz CT molecular complexity index is 367. The third kappa shape index (κ3) is 5.25. The molecule has 0 aromatic heterocycles. The molecule has 0 radical (unpaired) electrons. The summed E-state index contributed by atoms with van der Waals surface area (Å²) in [5, 5.41) is 12.4. The minimum atomic E-state index is -0.822. The number of aliphatic hydroxyl groups excluding tert-OH is 1. The lowest BCUT2D eigenvalue weighted by atomic mass is 10.1. The quantitative estimate of drug-likeness (QED) is 0.724. The first-order valence-corrected chi connectivity index (χ1v) is 5.82. The number of halogens is 1. The standard InChI is InChI=1S/C13H18FNO3/c1-18-8-2-3-13(17)15-9-12(16)10-4-6-11(14)7-5-10/h4-7,12,16H,2-3,8-9H2,1H3,(H,15,17). The van der Waals surface area contributed by atoms with Crippen LogP contribution in [0.2, 0.25) is 0 Å². The average molecular weight is 255 g/mol. The van der Waals surface area contributed by atoms with Gasteiger partial charge in [0.15, 0.2) is 0 Å². The molecule has 1 amide bonds. The van der Waals surface area contributed by atoms with Crippen LogP contribution in [-0.2, 0) is 9.53 Å². The van der Waals surface area contributed by atoms with Crippen LogP contribution in [0.25, 0.3) is 0 Å². The zero-order valence-electron chi connectivity index (χ0n) is 10.4. The smallest absolute Gasteiger partial charge is 0.220 e. The van der Waals surface area contributed by atoms with Gasteiger partial charge >= 0.3 is 0 Å². The summed E-state index contributed by atoms with van der Waals surface area (Å²) in [7, 11) is 1.58. The number of nitrogens with one attached hydrogen (secondary N) is 1. The predicted octanol–water partition coefficient (Wildman–Crippen LogP) is 1.40. The molecule has 0 fully saturated rings. The van der Waals surface area contributed by atoms with Crippen LogP contribution in [0.3, 0.4) is 0 Å². The molecule has 1 rings (SSSR count). The van der Waals surface area contributed by atoms with Crippen molar-refractivity contribution in [3.8, 4) is 0 Å². The van der Waals surface area contributed by atoms with Gasteiger partial charge in [-0.25, -0.2) is 4.39 Å². The molecule has 0 saturated carbocycles. The van der Waals surface area contributed by atoms with Gasteiger partial charge in [-0.2, -0.15) is 0 Å². The molecule has 1 aromatic rings. The summed E-state index contributed by atoms with van der Waals surface area (Å²) in [4.78, 5) is 11.4. The first-order chi connectivity index (χ1) is 8.63. The van der Waals surface area contributed by atoms with E-state index < -0.39 is 6.10 Å². The van der Waals surface area contributed by atoms with E-state index in [1.165, 1.54) is 24.3 Å². The Morgan fingerprint density at radius 2 is 2.11 bits per heavy atom. The molecule has 1 aromatic carbocycles. The summed E-state index contributed by atoms with van der Waals surface area (Å²) in [5.74, 6) is -0.484. The lowest BCUT2D eigenvalue weighted by molar-refractivity contribution is -0.121. The number of aliphatic hydroxyl groups is 1. The molecular weight excluding hydrogens is 237 g/mol. The van der Waals surface area contributed by atoms with Crippen LogP contribution in [0.4, 0.5) is 4.39 Å². The van der Waals surface area contributed by atoms with Crippen LogP contribution < -0.4 is 5.32 Å². The van der Waals surface area contributed by atoms with Crippen molar-refractivity contribution >= 4 is 5.91 Å². The minimum absolute atomic E-state index is 0.122. The maximum absolute atomic E-state index is 12.7. The highest BCUT2D eigenvalue weighted by molar-refractivity contribution is 5.75. The van der Waals surface area contributed by atoms with E-state index in [-0.39, 0.29) is 18.3 Å². The lowest BCUT2D eigenvalue weighted by Crippen LogP contribution is -2.28. The van der Waals surface area contributed by atoms with Gasteiger partial charge in [0, 0.05) is 26.7 Å². The average Bonchev–Trinajstić information content (AvgIpc) is 2.37. The van der Waals surface area contributed by atoms with E-state index in [0.29, 0.717) is 25.0 Å². The number of carbonyl (C=O) groups excluding carboxylic acids is 1. The summed E-state index contributed by atoms with van der Waals surface area (Å²) in [6, 6.07) is 5.55. The molecule has 0 saturated heterocycles. The van der Waals surface area contributed by atoms with E-state index in [1.807, 2.05) is 0 Å². The van der Waals surface area contributed by atoms with Crippen LogP contribution in [0.1, 0.15) is 24.5 Å². The molecule has 0 heterocycles. The highest BCUT2D eigenvalue weighted by Crippen LogP contribution is 2.12. The van der Waals surface area contributed by atoms with E-state index in [9.17, 15) is 14.3 Å². The number of hydrogen-bond donors (Lipinski definition) is 2. The van der Waals surface area contributed by atoms with Gasteiger partial charge in [-0.1, -0.05) is 12.1 Å². The number of carbonyl (C=O) groups is 1. The molecule has 0 aliphatic carbocycles. The molecule has 0 spiro atoms. The highest BCUT2D eigenvalue weighted by atomic mass is 19.1. The van der Waals surface area contributed by atoms with Gasteiger partial charge in [0.25, 0.3) is 0 Å². The second kappa shape index (κ2) is 7.79. The Kier molecular flexibility index (Phi) is 6.32. The van der Waals surface area contributed by atoms with Crippen LogP contribution >= 0.6 is 0 Å². The van der Waals surface area contributed by atoms with E-state index in [0.717, 1.165) is 0 Å². The molecule has 5 heteroatoms. The van der Waals surface area contributed by atoms with Crippen LogP contribution in [-0.4, -0.2) is 31.3 Å². The molecule has 0 aliphatic rings. The summed E-state index contributed by atoms with van der Waals surface area (Å²) in [6.07, 6.45) is 0.191. The summed E-state index contributed by atoms with van der Waals surface area (Å²) in [6.45, 7) is 0.658. The zero-order chi connectivity index (χ0) is 13.4. The van der Waals surface area contributed by atoms with E-state index in [1.54, 1.807) is 7.11 Å². The van der Waals surface area contributed by atoms with Gasteiger partial charge in [0.1, 0.15) is 5.82 Å². The number of ether oxygens (including phenoxy) is 1. The van der Waals surface area contributed by atoms with Crippen molar-refractivity contribution in [2.45, 2.75) is 18.9 Å². The molecule has 0 bridgehead atoms. The minimum Gasteiger partial charge on any atom is -0.387 e. The zero-order valence-corrected chi connectivity index (χ0v) is 10.4. The Labute approximate surface area is 106 Å². The maximum atomic E-state index is 12.7. The fourth-order valence-corrected chi connectivity index (χ4v) is 1.48. The van der Waals surface area contributed by atoms with Crippen molar-refractivity contribution in [1.82, 2.24) is 5.32 Å². The molecule has 1 unspecified atom stereocenters. The summed E-state index contributed by atoms with van der Waals surface area (Å²) < 4.78 is 17.5. The second-order valence-electron chi connectivity index (χ2n) is 3.97. The fraction of sp³-hybridized carbons (Fsp3) is 0.462.